The molecule has 1 amide bonds. The molecule has 2 aromatic rings. The molecule has 22 heavy (non-hydrogen) atoms. The van der Waals surface area contributed by atoms with Crippen LogP contribution in [0.25, 0.3) is 0 Å². The van der Waals surface area contributed by atoms with E-state index in [1.807, 2.05) is 39.0 Å². The lowest BCUT2D eigenvalue weighted by atomic mass is 10.1. The number of benzene rings is 2. The quantitative estimate of drug-likeness (QED) is 0.864. The summed E-state index contributed by atoms with van der Waals surface area (Å²) in [6.07, 6.45) is 0.0156. The summed E-state index contributed by atoms with van der Waals surface area (Å²) in [5.74, 6) is 0.437. The predicted molar refractivity (Wildman–Crippen MR) is 90.7 cm³/mol. The van der Waals surface area contributed by atoms with Crippen LogP contribution in [-0.2, 0) is 4.79 Å². The van der Waals surface area contributed by atoms with Crippen molar-refractivity contribution in [2.45, 2.75) is 33.3 Å². The van der Waals surface area contributed by atoms with E-state index in [1.54, 1.807) is 24.3 Å². The van der Waals surface area contributed by atoms with E-state index in [9.17, 15) is 4.79 Å². The van der Waals surface area contributed by atoms with Gasteiger partial charge >= 0.3 is 0 Å². The maximum absolute atomic E-state index is 12.4. The van der Waals surface area contributed by atoms with Crippen LogP contribution >= 0.6 is 11.6 Å². The summed E-state index contributed by atoms with van der Waals surface area (Å²) >= 11 is 5.94. The van der Waals surface area contributed by atoms with Crippen molar-refractivity contribution < 1.29 is 9.53 Å². The lowest BCUT2D eigenvalue weighted by Gasteiger charge is -2.18. The Morgan fingerprint density at radius 3 is 2.68 bits per heavy atom. The smallest absolute Gasteiger partial charge is 0.265 e. The molecule has 0 radical (unpaired) electrons. The molecule has 2 aromatic carbocycles. The molecule has 0 heterocycles. The highest BCUT2D eigenvalue weighted by Gasteiger charge is 2.19. The van der Waals surface area contributed by atoms with Crippen molar-refractivity contribution in [3.8, 4) is 5.75 Å². The summed E-state index contributed by atoms with van der Waals surface area (Å²) in [7, 11) is 0. The van der Waals surface area contributed by atoms with E-state index in [-0.39, 0.29) is 5.91 Å². The van der Waals surface area contributed by atoms with E-state index < -0.39 is 6.10 Å². The predicted octanol–water partition coefficient (Wildman–Crippen LogP) is 4.75. The first-order valence-corrected chi connectivity index (χ1v) is 7.67. The van der Waals surface area contributed by atoms with E-state index in [2.05, 4.69) is 5.32 Å². The Labute approximate surface area is 136 Å². The molecule has 0 bridgehead atoms. The highest BCUT2D eigenvalue weighted by atomic mass is 35.5. The Morgan fingerprint density at radius 1 is 1.23 bits per heavy atom. The molecular formula is C18H20ClNO2. The fourth-order valence-electron chi connectivity index (χ4n) is 2.11. The highest BCUT2D eigenvalue weighted by Crippen LogP contribution is 2.21. The number of nitrogens with one attached hydrogen (secondary N) is 1. The zero-order valence-electron chi connectivity index (χ0n) is 13.0. The fraction of sp³-hybridized carbons (Fsp3) is 0.278. The van der Waals surface area contributed by atoms with Gasteiger partial charge < -0.3 is 10.1 Å². The third-order valence-corrected chi connectivity index (χ3v) is 3.62. The van der Waals surface area contributed by atoms with Crippen LogP contribution < -0.4 is 10.1 Å². The van der Waals surface area contributed by atoms with Crippen LogP contribution in [0.3, 0.4) is 0 Å². The topological polar surface area (TPSA) is 38.3 Å². The van der Waals surface area contributed by atoms with Gasteiger partial charge in [-0.25, -0.2) is 0 Å². The Hall–Kier alpha value is -2.00. The Morgan fingerprint density at radius 2 is 2.00 bits per heavy atom. The van der Waals surface area contributed by atoms with E-state index >= 15 is 0 Å². The summed E-state index contributed by atoms with van der Waals surface area (Å²) in [4.78, 5) is 12.4. The number of hydrogen-bond acceptors (Lipinski definition) is 2. The molecule has 0 aromatic heterocycles. The Bertz CT molecular complexity index is 670. The van der Waals surface area contributed by atoms with Crippen molar-refractivity contribution in [2.75, 3.05) is 5.32 Å². The second kappa shape index (κ2) is 7.32. The minimum absolute atomic E-state index is 0.156. The standard InChI is InChI=1S/C18H20ClNO2/c1-4-17(22-15-7-5-6-14(19)11-15)18(21)20-16-10-12(2)8-9-13(16)3/h5-11,17H,4H2,1-3H3,(H,20,21)/t17-/m0/s1. The summed E-state index contributed by atoms with van der Waals surface area (Å²) in [5.41, 5.74) is 2.94. The maximum atomic E-state index is 12.4. The summed E-state index contributed by atoms with van der Waals surface area (Å²) in [6, 6.07) is 13.0. The minimum atomic E-state index is -0.557. The average Bonchev–Trinajstić information content (AvgIpc) is 2.48. The van der Waals surface area contributed by atoms with Gasteiger partial charge in [-0.3, -0.25) is 4.79 Å². The van der Waals surface area contributed by atoms with Crippen molar-refractivity contribution in [3.63, 3.8) is 0 Å². The zero-order chi connectivity index (χ0) is 16.1. The van der Waals surface area contributed by atoms with Crippen molar-refractivity contribution in [2.24, 2.45) is 0 Å². The molecule has 0 fully saturated rings. The van der Waals surface area contributed by atoms with E-state index in [0.717, 1.165) is 16.8 Å². The zero-order valence-corrected chi connectivity index (χ0v) is 13.8. The normalized spacial score (nSPS) is 11.8. The number of carbonyl (C=O) groups excluding carboxylic acids is 1. The van der Waals surface area contributed by atoms with Crippen LogP contribution in [0, 0.1) is 13.8 Å². The fourth-order valence-corrected chi connectivity index (χ4v) is 2.29. The second-order valence-electron chi connectivity index (χ2n) is 5.28. The van der Waals surface area contributed by atoms with Crippen LogP contribution in [0.1, 0.15) is 24.5 Å². The monoisotopic (exact) mass is 317 g/mol. The first kappa shape index (κ1) is 16.4. The lowest BCUT2D eigenvalue weighted by Crippen LogP contribution is -2.32. The maximum Gasteiger partial charge on any atom is 0.265 e. The average molecular weight is 318 g/mol. The van der Waals surface area contributed by atoms with Gasteiger partial charge in [0, 0.05) is 10.7 Å². The summed E-state index contributed by atoms with van der Waals surface area (Å²) in [5, 5.41) is 3.53. The second-order valence-corrected chi connectivity index (χ2v) is 5.72. The minimum Gasteiger partial charge on any atom is -0.481 e. The highest BCUT2D eigenvalue weighted by molar-refractivity contribution is 6.30. The van der Waals surface area contributed by atoms with Crippen LogP contribution in [-0.4, -0.2) is 12.0 Å². The van der Waals surface area contributed by atoms with Gasteiger partial charge in [0.15, 0.2) is 6.10 Å². The molecule has 116 valence electrons. The van der Waals surface area contributed by atoms with Crippen LogP contribution in [0.5, 0.6) is 5.75 Å². The number of aryl methyl sites for hydroxylation is 2. The third kappa shape index (κ3) is 4.25. The van der Waals surface area contributed by atoms with Gasteiger partial charge in [0.2, 0.25) is 0 Å². The van der Waals surface area contributed by atoms with E-state index in [4.69, 9.17) is 16.3 Å². The molecule has 0 aliphatic heterocycles. The molecular weight excluding hydrogens is 298 g/mol. The lowest BCUT2D eigenvalue weighted by molar-refractivity contribution is -0.122. The summed E-state index contributed by atoms with van der Waals surface area (Å²) < 4.78 is 5.75. The van der Waals surface area contributed by atoms with Crippen LogP contribution in [0.15, 0.2) is 42.5 Å². The number of halogens is 1. The number of carbonyl (C=O) groups is 1. The van der Waals surface area contributed by atoms with Crippen molar-refractivity contribution in [1.29, 1.82) is 0 Å². The number of ether oxygens (including phenoxy) is 1. The first-order valence-electron chi connectivity index (χ1n) is 7.30. The van der Waals surface area contributed by atoms with Gasteiger partial charge in [0.05, 0.1) is 0 Å². The molecule has 2 rings (SSSR count). The van der Waals surface area contributed by atoms with Gasteiger partial charge in [0.25, 0.3) is 5.91 Å². The molecule has 1 atom stereocenters. The SMILES string of the molecule is CC[C@H](Oc1cccc(Cl)c1)C(=O)Nc1cc(C)ccc1C. The molecule has 0 aliphatic rings. The number of hydrogen-bond donors (Lipinski definition) is 1. The molecule has 4 heteroatoms. The molecule has 0 saturated carbocycles. The largest absolute Gasteiger partial charge is 0.481 e. The molecule has 0 spiro atoms. The van der Waals surface area contributed by atoms with Gasteiger partial charge in [-0.05, 0) is 55.7 Å². The number of rotatable bonds is 5. The molecule has 0 unspecified atom stereocenters. The Kier molecular flexibility index (Phi) is 5.45. The molecule has 0 aliphatic carbocycles. The van der Waals surface area contributed by atoms with Gasteiger partial charge in [-0.15, -0.1) is 0 Å². The molecule has 1 N–H and O–H groups in total. The van der Waals surface area contributed by atoms with E-state index in [0.29, 0.717) is 17.2 Å². The van der Waals surface area contributed by atoms with Crippen molar-refractivity contribution in [1.82, 2.24) is 0 Å². The molecule has 0 saturated heterocycles. The van der Waals surface area contributed by atoms with E-state index in [1.165, 1.54) is 0 Å². The van der Waals surface area contributed by atoms with Crippen molar-refractivity contribution in [3.05, 3.63) is 58.6 Å². The van der Waals surface area contributed by atoms with Crippen LogP contribution in [0.2, 0.25) is 5.02 Å². The first-order chi connectivity index (χ1) is 10.5. The Balaban J connectivity index is 2.10. The number of amides is 1. The van der Waals surface area contributed by atoms with Gasteiger partial charge in [-0.1, -0.05) is 36.7 Å². The summed E-state index contributed by atoms with van der Waals surface area (Å²) in [6.45, 7) is 5.88. The third-order valence-electron chi connectivity index (χ3n) is 3.39. The molecule has 3 nitrogen and oxygen atoms in total. The van der Waals surface area contributed by atoms with Gasteiger partial charge in [0.1, 0.15) is 5.75 Å². The van der Waals surface area contributed by atoms with Gasteiger partial charge in [-0.2, -0.15) is 0 Å². The van der Waals surface area contributed by atoms with Crippen LogP contribution in [0.4, 0.5) is 5.69 Å². The number of anilines is 1. The van der Waals surface area contributed by atoms with Crippen molar-refractivity contribution >= 4 is 23.2 Å².